The molecule has 0 aliphatic carbocycles. The molecule has 0 saturated heterocycles. The Morgan fingerprint density at radius 1 is 0.228 bits per heavy atom. The van der Waals surface area contributed by atoms with Crippen LogP contribution in [-0.2, 0) is 0 Å². The minimum atomic E-state index is 0.877. The van der Waals surface area contributed by atoms with Gasteiger partial charge in [0.2, 0.25) is 0 Å². The lowest BCUT2D eigenvalue weighted by Gasteiger charge is -2.18. The summed E-state index contributed by atoms with van der Waals surface area (Å²) in [5.74, 6) is 0.893. The van der Waals surface area contributed by atoms with Gasteiger partial charge in [0, 0.05) is 16.5 Å². The first kappa shape index (κ1) is 32.9. The van der Waals surface area contributed by atoms with Gasteiger partial charge in [-0.15, -0.1) is 0 Å². The fourth-order valence-electron chi connectivity index (χ4n) is 8.76. The SMILES string of the molecule is c1ccc(-c2oc3cc(-c4cccc(-c5c6ccccc6c(-c6ccc(-c7ccc8ccccc8c7)cc6)c6ccccc56)c4)ccc3c2-c2ccccc2)cc1. The van der Waals surface area contributed by atoms with Gasteiger partial charge < -0.3 is 4.42 Å². The molecule has 1 aromatic heterocycles. The number of hydrogen-bond acceptors (Lipinski definition) is 1. The van der Waals surface area contributed by atoms with Gasteiger partial charge in [-0.2, -0.15) is 0 Å². The van der Waals surface area contributed by atoms with Crippen molar-refractivity contribution in [1.82, 2.24) is 0 Å². The second-order valence-electron chi connectivity index (χ2n) is 14.8. The van der Waals surface area contributed by atoms with Gasteiger partial charge in [0.25, 0.3) is 0 Å². The van der Waals surface area contributed by atoms with Crippen LogP contribution in [-0.4, -0.2) is 0 Å². The molecule has 11 aromatic rings. The summed E-state index contributed by atoms with van der Waals surface area (Å²) < 4.78 is 6.74. The third-order valence-corrected chi connectivity index (χ3v) is 11.5. The molecule has 0 saturated carbocycles. The van der Waals surface area contributed by atoms with Gasteiger partial charge in [0.05, 0.1) is 0 Å². The fourth-order valence-corrected chi connectivity index (χ4v) is 8.76. The van der Waals surface area contributed by atoms with Crippen LogP contribution in [0, 0.1) is 0 Å². The van der Waals surface area contributed by atoms with E-state index in [1.54, 1.807) is 0 Å². The van der Waals surface area contributed by atoms with E-state index in [1.807, 2.05) is 6.07 Å². The number of fused-ring (bicyclic) bond motifs is 4. The van der Waals surface area contributed by atoms with Crippen molar-refractivity contribution >= 4 is 43.3 Å². The van der Waals surface area contributed by atoms with Crippen LogP contribution in [0.25, 0.3) is 110 Å². The molecule has 0 atom stereocenters. The first-order valence-electron chi connectivity index (χ1n) is 19.6. The maximum absolute atomic E-state index is 6.74. The topological polar surface area (TPSA) is 13.1 Å². The zero-order valence-corrected chi connectivity index (χ0v) is 31.2. The Kier molecular flexibility index (Phi) is 7.89. The number of rotatable bonds is 6. The Morgan fingerprint density at radius 2 is 0.684 bits per heavy atom. The van der Waals surface area contributed by atoms with E-state index in [9.17, 15) is 0 Å². The molecule has 0 fully saturated rings. The Hall–Kier alpha value is -7.48. The molecular weight excluding hydrogens is 689 g/mol. The number of benzene rings is 10. The molecule has 0 aliphatic rings. The molecule has 0 N–H and O–H groups in total. The van der Waals surface area contributed by atoms with Crippen LogP contribution in [0.3, 0.4) is 0 Å². The lowest BCUT2D eigenvalue weighted by Crippen LogP contribution is -1.91. The van der Waals surface area contributed by atoms with Gasteiger partial charge in [0.15, 0.2) is 0 Å². The summed E-state index contributed by atoms with van der Waals surface area (Å²) in [6, 6.07) is 78.8. The van der Waals surface area contributed by atoms with E-state index < -0.39 is 0 Å². The highest BCUT2D eigenvalue weighted by Gasteiger charge is 2.20. The molecule has 0 spiro atoms. The summed E-state index contributed by atoms with van der Waals surface area (Å²) >= 11 is 0. The molecule has 1 heteroatoms. The average molecular weight is 725 g/mol. The molecule has 1 nitrogen and oxygen atoms in total. The first-order valence-corrected chi connectivity index (χ1v) is 19.6. The van der Waals surface area contributed by atoms with Crippen LogP contribution in [0.1, 0.15) is 0 Å². The average Bonchev–Trinajstić information content (AvgIpc) is 3.68. The molecule has 10 aromatic carbocycles. The van der Waals surface area contributed by atoms with E-state index in [4.69, 9.17) is 4.42 Å². The van der Waals surface area contributed by atoms with Crippen LogP contribution in [0.15, 0.2) is 223 Å². The largest absolute Gasteiger partial charge is 0.455 e. The number of hydrogen-bond donors (Lipinski definition) is 0. The zero-order valence-electron chi connectivity index (χ0n) is 31.2. The van der Waals surface area contributed by atoms with Crippen LogP contribution in [0.2, 0.25) is 0 Å². The Morgan fingerprint density at radius 3 is 1.37 bits per heavy atom. The Bertz CT molecular complexity index is 3210. The normalized spacial score (nSPS) is 11.5. The third kappa shape index (κ3) is 5.72. The van der Waals surface area contributed by atoms with Crippen molar-refractivity contribution in [2.45, 2.75) is 0 Å². The van der Waals surface area contributed by atoms with Crippen molar-refractivity contribution in [1.29, 1.82) is 0 Å². The minimum absolute atomic E-state index is 0.877. The fraction of sp³-hybridized carbons (Fsp3) is 0. The van der Waals surface area contributed by atoms with Gasteiger partial charge >= 0.3 is 0 Å². The van der Waals surface area contributed by atoms with Crippen LogP contribution in [0.4, 0.5) is 0 Å². The maximum Gasteiger partial charge on any atom is 0.143 e. The van der Waals surface area contributed by atoms with E-state index in [2.05, 4.69) is 212 Å². The van der Waals surface area contributed by atoms with Crippen molar-refractivity contribution in [2.24, 2.45) is 0 Å². The molecule has 1 heterocycles. The van der Waals surface area contributed by atoms with Gasteiger partial charge in [-0.1, -0.05) is 194 Å². The summed E-state index contributed by atoms with van der Waals surface area (Å²) in [5.41, 5.74) is 13.8. The molecule has 266 valence electrons. The molecular formula is C56H36O. The van der Waals surface area contributed by atoms with Gasteiger partial charge in [-0.3, -0.25) is 0 Å². The van der Waals surface area contributed by atoms with E-state index >= 15 is 0 Å². The van der Waals surface area contributed by atoms with Crippen LogP contribution in [0.5, 0.6) is 0 Å². The Balaban J connectivity index is 1.03. The van der Waals surface area contributed by atoms with E-state index in [0.717, 1.165) is 44.5 Å². The highest BCUT2D eigenvalue weighted by molar-refractivity contribution is 6.21. The lowest BCUT2D eigenvalue weighted by molar-refractivity contribution is 0.632. The first-order chi connectivity index (χ1) is 28.3. The second-order valence-corrected chi connectivity index (χ2v) is 14.8. The third-order valence-electron chi connectivity index (χ3n) is 11.5. The van der Waals surface area contributed by atoms with Gasteiger partial charge in [-0.05, 0) is 107 Å². The lowest BCUT2D eigenvalue weighted by atomic mass is 9.85. The molecule has 0 aliphatic heterocycles. The zero-order chi connectivity index (χ0) is 37.7. The van der Waals surface area contributed by atoms with Crippen LogP contribution >= 0.6 is 0 Å². The van der Waals surface area contributed by atoms with Crippen molar-refractivity contribution in [3.8, 4) is 67.0 Å². The Labute approximate surface area is 331 Å². The molecule has 57 heavy (non-hydrogen) atoms. The van der Waals surface area contributed by atoms with Crippen molar-refractivity contribution in [3.05, 3.63) is 218 Å². The predicted molar refractivity (Wildman–Crippen MR) is 241 cm³/mol. The number of furan rings is 1. The summed E-state index contributed by atoms with van der Waals surface area (Å²) in [6.07, 6.45) is 0. The summed E-state index contributed by atoms with van der Waals surface area (Å²) in [7, 11) is 0. The van der Waals surface area contributed by atoms with Crippen molar-refractivity contribution in [3.63, 3.8) is 0 Å². The quantitative estimate of drug-likeness (QED) is 0.156. The standard InChI is InChI=1S/C56H36O/c1-3-15-39(16-4-1)55-51-33-32-45(36-52(51)57-56(55)41-17-5-2-6-18-41)43-20-13-21-46(35-43)54-49-24-11-9-22-47(49)53(48-23-10-12-25-50(48)54)40-29-26-38(27-30-40)44-31-28-37-14-7-8-19-42(37)34-44/h1-36H. The highest BCUT2D eigenvalue weighted by Crippen LogP contribution is 2.46. The van der Waals surface area contributed by atoms with Crippen molar-refractivity contribution < 1.29 is 4.42 Å². The summed E-state index contributed by atoms with van der Waals surface area (Å²) in [5, 5.41) is 8.59. The van der Waals surface area contributed by atoms with Gasteiger partial charge in [-0.25, -0.2) is 0 Å². The molecule has 0 bridgehead atoms. The van der Waals surface area contributed by atoms with E-state index in [1.165, 1.54) is 65.7 Å². The monoisotopic (exact) mass is 724 g/mol. The summed E-state index contributed by atoms with van der Waals surface area (Å²) in [6.45, 7) is 0. The van der Waals surface area contributed by atoms with Gasteiger partial charge in [0.1, 0.15) is 11.3 Å². The molecule has 0 unspecified atom stereocenters. The molecule has 0 radical (unpaired) electrons. The van der Waals surface area contributed by atoms with Crippen LogP contribution < -0.4 is 0 Å². The summed E-state index contributed by atoms with van der Waals surface area (Å²) in [4.78, 5) is 0. The minimum Gasteiger partial charge on any atom is -0.455 e. The second kappa shape index (κ2) is 13.7. The maximum atomic E-state index is 6.74. The smallest absolute Gasteiger partial charge is 0.143 e. The molecule has 0 amide bonds. The molecule has 11 rings (SSSR count). The van der Waals surface area contributed by atoms with E-state index in [0.29, 0.717) is 0 Å². The van der Waals surface area contributed by atoms with E-state index in [-0.39, 0.29) is 0 Å². The highest BCUT2D eigenvalue weighted by atomic mass is 16.3. The van der Waals surface area contributed by atoms with Crippen molar-refractivity contribution in [2.75, 3.05) is 0 Å². The predicted octanol–water partition coefficient (Wildman–Crippen LogP) is 15.9.